The standard InChI is InChI=1S/C13H13NO2S/c1-2-17(15,16)13-9-8-12(10-14-13)11-6-4-3-5-7-11/h3-10H,2H2,1H3. The van der Waals surface area contributed by atoms with Crippen LogP contribution in [0.3, 0.4) is 0 Å². The molecule has 0 fully saturated rings. The van der Waals surface area contributed by atoms with Crippen LogP contribution in [0.1, 0.15) is 6.92 Å². The molecule has 1 aromatic heterocycles. The minimum absolute atomic E-state index is 0.0741. The van der Waals surface area contributed by atoms with Crippen LogP contribution in [-0.2, 0) is 9.84 Å². The summed E-state index contributed by atoms with van der Waals surface area (Å²) in [5.74, 6) is 0.0741. The Morgan fingerprint density at radius 1 is 1.00 bits per heavy atom. The Kier molecular flexibility index (Phi) is 3.24. The summed E-state index contributed by atoms with van der Waals surface area (Å²) in [5.41, 5.74) is 1.95. The second-order valence-electron chi connectivity index (χ2n) is 3.65. The number of hydrogen-bond donors (Lipinski definition) is 0. The fraction of sp³-hybridized carbons (Fsp3) is 0.154. The van der Waals surface area contributed by atoms with Crippen LogP contribution in [0.2, 0.25) is 0 Å². The van der Waals surface area contributed by atoms with E-state index in [1.54, 1.807) is 25.3 Å². The summed E-state index contributed by atoms with van der Waals surface area (Å²) in [6.07, 6.45) is 1.60. The molecule has 1 heterocycles. The lowest BCUT2D eigenvalue weighted by Gasteiger charge is -2.03. The smallest absolute Gasteiger partial charge is 0.195 e. The minimum atomic E-state index is -3.21. The molecule has 0 unspecified atom stereocenters. The van der Waals surface area contributed by atoms with Gasteiger partial charge in [0.25, 0.3) is 0 Å². The van der Waals surface area contributed by atoms with Gasteiger partial charge in [0.2, 0.25) is 0 Å². The zero-order chi connectivity index (χ0) is 12.3. The Bertz CT molecular complexity index is 589. The van der Waals surface area contributed by atoms with E-state index in [-0.39, 0.29) is 10.8 Å². The van der Waals surface area contributed by atoms with Gasteiger partial charge in [0.15, 0.2) is 14.9 Å². The third-order valence-electron chi connectivity index (χ3n) is 2.54. The highest BCUT2D eigenvalue weighted by Gasteiger charge is 2.12. The van der Waals surface area contributed by atoms with Gasteiger partial charge in [0, 0.05) is 11.8 Å². The van der Waals surface area contributed by atoms with E-state index in [0.29, 0.717) is 0 Å². The van der Waals surface area contributed by atoms with Crippen molar-refractivity contribution in [3.8, 4) is 11.1 Å². The van der Waals surface area contributed by atoms with Crippen molar-refractivity contribution in [1.82, 2.24) is 4.98 Å². The number of benzene rings is 1. The van der Waals surface area contributed by atoms with Crippen molar-refractivity contribution in [3.05, 3.63) is 48.7 Å². The third-order valence-corrected chi connectivity index (χ3v) is 4.18. The molecule has 0 amide bonds. The summed E-state index contributed by atoms with van der Waals surface area (Å²) in [6.45, 7) is 1.61. The van der Waals surface area contributed by atoms with Gasteiger partial charge in [-0.15, -0.1) is 0 Å². The maximum absolute atomic E-state index is 11.6. The number of sulfone groups is 1. The van der Waals surface area contributed by atoms with E-state index in [9.17, 15) is 8.42 Å². The molecule has 0 saturated carbocycles. The average Bonchev–Trinajstić information content (AvgIpc) is 2.40. The van der Waals surface area contributed by atoms with Gasteiger partial charge in [-0.2, -0.15) is 0 Å². The molecule has 88 valence electrons. The van der Waals surface area contributed by atoms with Gasteiger partial charge in [-0.1, -0.05) is 37.3 Å². The molecular formula is C13H13NO2S. The van der Waals surface area contributed by atoms with Crippen molar-refractivity contribution in [3.63, 3.8) is 0 Å². The summed E-state index contributed by atoms with van der Waals surface area (Å²) in [6, 6.07) is 13.1. The number of rotatable bonds is 3. The van der Waals surface area contributed by atoms with E-state index in [2.05, 4.69) is 4.98 Å². The lowest BCUT2D eigenvalue weighted by molar-refractivity contribution is 0.593. The van der Waals surface area contributed by atoms with Crippen LogP contribution in [0.4, 0.5) is 0 Å². The van der Waals surface area contributed by atoms with Gasteiger partial charge in [-0.05, 0) is 17.7 Å². The maximum Gasteiger partial charge on any atom is 0.195 e. The molecule has 2 rings (SSSR count). The van der Waals surface area contributed by atoms with Gasteiger partial charge in [-0.3, -0.25) is 0 Å². The first-order valence-electron chi connectivity index (χ1n) is 5.38. The van der Waals surface area contributed by atoms with Crippen LogP contribution in [0.15, 0.2) is 53.7 Å². The first-order chi connectivity index (χ1) is 8.13. The molecule has 0 spiro atoms. The molecule has 4 heteroatoms. The quantitative estimate of drug-likeness (QED) is 0.837. The van der Waals surface area contributed by atoms with Crippen molar-refractivity contribution < 1.29 is 8.42 Å². The fourth-order valence-corrected chi connectivity index (χ4v) is 2.30. The Balaban J connectivity index is 2.38. The van der Waals surface area contributed by atoms with E-state index in [1.807, 2.05) is 30.3 Å². The molecule has 2 aromatic rings. The van der Waals surface area contributed by atoms with E-state index in [1.165, 1.54) is 0 Å². The van der Waals surface area contributed by atoms with Crippen molar-refractivity contribution in [2.24, 2.45) is 0 Å². The van der Waals surface area contributed by atoms with Gasteiger partial charge < -0.3 is 0 Å². The molecule has 0 saturated heterocycles. The average molecular weight is 247 g/mol. The monoisotopic (exact) mass is 247 g/mol. The predicted molar refractivity (Wildman–Crippen MR) is 67.4 cm³/mol. The second kappa shape index (κ2) is 4.67. The Labute approximate surface area is 101 Å². The molecule has 1 aromatic carbocycles. The van der Waals surface area contributed by atoms with E-state index in [0.717, 1.165) is 11.1 Å². The molecule has 0 aliphatic heterocycles. The van der Waals surface area contributed by atoms with Crippen molar-refractivity contribution in [1.29, 1.82) is 0 Å². The summed E-state index contributed by atoms with van der Waals surface area (Å²) in [4.78, 5) is 4.01. The fourth-order valence-electron chi connectivity index (χ4n) is 1.51. The lowest BCUT2D eigenvalue weighted by atomic mass is 10.1. The molecule has 0 N–H and O–H groups in total. The maximum atomic E-state index is 11.6. The molecule has 0 bridgehead atoms. The molecular weight excluding hydrogens is 234 g/mol. The van der Waals surface area contributed by atoms with Crippen molar-refractivity contribution in [2.45, 2.75) is 11.9 Å². The predicted octanol–water partition coefficient (Wildman–Crippen LogP) is 2.54. The number of aromatic nitrogens is 1. The normalized spacial score (nSPS) is 11.4. The van der Waals surface area contributed by atoms with Crippen LogP contribution >= 0.6 is 0 Å². The highest BCUT2D eigenvalue weighted by Crippen LogP contribution is 2.19. The van der Waals surface area contributed by atoms with Crippen LogP contribution in [0.25, 0.3) is 11.1 Å². The highest BCUT2D eigenvalue weighted by atomic mass is 32.2. The molecule has 3 nitrogen and oxygen atoms in total. The highest BCUT2D eigenvalue weighted by molar-refractivity contribution is 7.91. The SMILES string of the molecule is CCS(=O)(=O)c1ccc(-c2ccccc2)cn1. The van der Waals surface area contributed by atoms with Crippen LogP contribution in [-0.4, -0.2) is 19.2 Å². The summed E-state index contributed by atoms with van der Waals surface area (Å²) >= 11 is 0. The Hall–Kier alpha value is -1.68. The molecule has 0 aliphatic rings. The van der Waals surface area contributed by atoms with Gasteiger partial charge >= 0.3 is 0 Å². The topological polar surface area (TPSA) is 47.0 Å². The first kappa shape index (κ1) is 11.8. The summed E-state index contributed by atoms with van der Waals surface area (Å²) < 4.78 is 23.2. The Morgan fingerprint density at radius 2 is 1.71 bits per heavy atom. The largest absolute Gasteiger partial charge is 0.244 e. The summed E-state index contributed by atoms with van der Waals surface area (Å²) in [5, 5.41) is 0.139. The lowest BCUT2D eigenvalue weighted by Crippen LogP contribution is -2.05. The van der Waals surface area contributed by atoms with Crippen LogP contribution in [0.5, 0.6) is 0 Å². The second-order valence-corrected chi connectivity index (χ2v) is 5.88. The van der Waals surface area contributed by atoms with Crippen molar-refractivity contribution in [2.75, 3.05) is 5.75 Å². The minimum Gasteiger partial charge on any atom is -0.244 e. The first-order valence-corrected chi connectivity index (χ1v) is 7.03. The Morgan fingerprint density at radius 3 is 2.24 bits per heavy atom. The molecule has 17 heavy (non-hydrogen) atoms. The van der Waals surface area contributed by atoms with E-state index >= 15 is 0 Å². The molecule has 0 aliphatic carbocycles. The van der Waals surface area contributed by atoms with Gasteiger partial charge in [0.05, 0.1) is 5.75 Å². The summed E-state index contributed by atoms with van der Waals surface area (Å²) in [7, 11) is -3.21. The van der Waals surface area contributed by atoms with E-state index < -0.39 is 9.84 Å². The number of pyridine rings is 1. The zero-order valence-electron chi connectivity index (χ0n) is 9.50. The van der Waals surface area contributed by atoms with Crippen LogP contribution in [0, 0.1) is 0 Å². The third kappa shape index (κ3) is 2.53. The van der Waals surface area contributed by atoms with Gasteiger partial charge in [-0.25, -0.2) is 13.4 Å². The van der Waals surface area contributed by atoms with Crippen LogP contribution < -0.4 is 0 Å². The number of hydrogen-bond acceptors (Lipinski definition) is 3. The van der Waals surface area contributed by atoms with E-state index in [4.69, 9.17) is 0 Å². The number of nitrogens with zero attached hydrogens (tertiary/aromatic N) is 1. The van der Waals surface area contributed by atoms with Gasteiger partial charge in [0.1, 0.15) is 0 Å². The van der Waals surface area contributed by atoms with Crippen molar-refractivity contribution >= 4 is 9.84 Å². The zero-order valence-corrected chi connectivity index (χ0v) is 10.3. The molecule has 0 atom stereocenters. The molecule has 0 radical (unpaired) electrons.